The Morgan fingerprint density at radius 2 is 2.08 bits per heavy atom. The van der Waals surface area contributed by atoms with Crippen LogP contribution in [0.2, 0.25) is 0 Å². The van der Waals surface area contributed by atoms with Gasteiger partial charge in [0.25, 0.3) is 5.91 Å². The number of carboxylic acids is 1. The molecule has 2 aromatic rings. The molecule has 2 rings (SSSR count). The summed E-state index contributed by atoms with van der Waals surface area (Å²) in [5, 5.41) is 12.4. The van der Waals surface area contributed by atoms with Gasteiger partial charge in [0.1, 0.15) is 17.4 Å². The van der Waals surface area contributed by atoms with Gasteiger partial charge in [-0.1, -0.05) is 0 Å². The zero-order chi connectivity index (χ0) is 19.3. The first-order valence-corrected chi connectivity index (χ1v) is 9.44. The van der Waals surface area contributed by atoms with E-state index in [0.29, 0.717) is 23.5 Å². The van der Waals surface area contributed by atoms with Gasteiger partial charge in [0, 0.05) is 17.5 Å². The largest absolute Gasteiger partial charge is 0.481 e. The maximum Gasteiger partial charge on any atom is 0.336 e. The zero-order valence-electron chi connectivity index (χ0n) is 14.8. The number of amides is 1. The van der Waals surface area contributed by atoms with E-state index in [2.05, 4.69) is 5.32 Å². The third-order valence-electron chi connectivity index (χ3n) is 3.83. The topological polar surface area (TPSA) is 106 Å². The van der Waals surface area contributed by atoms with Crippen LogP contribution in [-0.4, -0.2) is 41.1 Å². The average Bonchev–Trinajstić information content (AvgIpc) is 2.57. The molecule has 26 heavy (non-hydrogen) atoms. The molecule has 0 saturated carbocycles. The minimum atomic E-state index is -1.08. The van der Waals surface area contributed by atoms with Crippen LogP contribution in [0.5, 0.6) is 5.75 Å². The Kier molecular flexibility index (Phi) is 6.68. The second kappa shape index (κ2) is 8.75. The fourth-order valence-corrected chi connectivity index (χ4v) is 2.89. The number of hydrogen-bond donors (Lipinski definition) is 2. The molecule has 8 heteroatoms. The maximum absolute atomic E-state index is 12.2. The summed E-state index contributed by atoms with van der Waals surface area (Å²) in [6.45, 7) is 3.33. The first kappa shape index (κ1) is 19.8. The van der Waals surface area contributed by atoms with E-state index < -0.39 is 29.6 Å². The Labute approximate surface area is 154 Å². The number of fused-ring (bicyclic) bond motifs is 1. The van der Waals surface area contributed by atoms with Crippen molar-refractivity contribution in [2.45, 2.75) is 32.4 Å². The summed E-state index contributed by atoms with van der Waals surface area (Å²) < 4.78 is 10.7. The van der Waals surface area contributed by atoms with Gasteiger partial charge in [-0.3, -0.25) is 4.79 Å². The van der Waals surface area contributed by atoms with Crippen molar-refractivity contribution in [2.24, 2.45) is 0 Å². The predicted octanol–water partition coefficient (Wildman–Crippen LogP) is 2.19. The molecule has 2 unspecified atom stereocenters. The number of ether oxygens (including phenoxy) is 1. The summed E-state index contributed by atoms with van der Waals surface area (Å²) >= 11 is 1.51. The van der Waals surface area contributed by atoms with Gasteiger partial charge in [-0.2, -0.15) is 11.8 Å². The Hall–Kier alpha value is -2.48. The van der Waals surface area contributed by atoms with Crippen LogP contribution in [0.15, 0.2) is 33.5 Å². The van der Waals surface area contributed by atoms with E-state index in [1.807, 2.05) is 6.26 Å². The van der Waals surface area contributed by atoms with Gasteiger partial charge in [0.2, 0.25) is 0 Å². The smallest absolute Gasteiger partial charge is 0.336 e. The van der Waals surface area contributed by atoms with Crippen LogP contribution in [0.4, 0.5) is 0 Å². The third-order valence-corrected chi connectivity index (χ3v) is 4.47. The van der Waals surface area contributed by atoms with Gasteiger partial charge < -0.3 is 19.6 Å². The van der Waals surface area contributed by atoms with Crippen LogP contribution >= 0.6 is 11.8 Å². The molecule has 0 radical (unpaired) electrons. The summed E-state index contributed by atoms with van der Waals surface area (Å²) in [5.74, 6) is -0.632. The Bertz CT molecular complexity index is 862. The van der Waals surface area contributed by atoms with Crippen molar-refractivity contribution in [1.82, 2.24) is 5.32 Å². The van der Waals surface area contributed by atoms with E-state index in [0.717, 1.165) is 10.9 Å². The standard InChI is InChI=1S/C18H21NO6S/c1-10-8-16(20)25-15-9-12(4-5-13(10)15)24-11(2)17(21)19-14(18(22)23)6-7-26-3/h4-5,8-9,11,14H,6-7H2,1-3H3,(H,19,21)(H,22,23). The lowest BCUT2D eigenvalue weighted by molar-refractivity contribution is -0.142. The second-order valence-electron chi connectivity index (χ2n) is 5.85. The van der Waals surface area contributed by atoms with Gasteiger partial charge in [-0.15, -0.1) is 0 Å². The van der Waals surface area contributed by atoms with Crippen molar-refractivity contribution >= 4 is 34.6 Å². The molecule has 0 saturated heterocycles. The summed E-state index contributed by atoms with van der Waals surface area (Å²) in [7, 11) is 0. The van der Waals surface area contributed by atoms with Crippen LogP contribution < -0.4 is 15.7 Å². The van der Waals surface area contributed by atoms with Gasteiger partial charge >= 0.3 is 11.6 Å². The van der Waals surface area contributed by atoms with E-state index >= 15 is 0 Å². The monoisotopic (exact) mass is 379 g/mol. The lowest BCUT2D eigenvalue weighted by Crippen LogP contribution is -2.46. The normalized spacial score (nSPS) is 13.2. The van der Waals surface area contributed by atoms with E-state index in [4.69, 9.17) is 9.15 Å². The molecule has 1 aromatic heterocycles. The number of thioether (sulfide) groups is 1. The van der Waals surface area contributed by atoms with Crippen LogP contribution in [0.1, 0.15) is 18.9 Å². The van der Waals surface area contributed by atoms with Crippen molar-refractivity contribution in [3.05, 3.63) is 40.2 Å². The highest BCUT2D eigenvalue weighted by Gasteiger charge is 2.23. The minimum absolute atomic E-state index is 0.329. The average molecular weight is 379 g/mol. The number of benzene rings is 1. The van der Waals surface area contributed by atoms with Crippen molar-refractivity contribution in [3.63, 3.8) is 0 Å². The Morgan fingerprint density at radius 1 is 1.35 bits per heavy atom. The van der Waals surface area contributed by atoms with Crippen LogP contribution in [0.3, 0.4) is 0 Å². The fourth-order valence-electron chi connectivity index (χ4n) is 2.42. The summed E-state index contributed by atoms with van der Waals surface area (Å²) in [5.41, 5.74) is 0.686. The zero-order valence-corrected chi connectivity index (χ0v) is 15.6. The number of carboxylic acid groups (broad SMARTS) is 1. The first-order chi connectivity index (χ1) is 12.3. The molecule has 0 bridgehead atoms. The van der Waals surface area contributed by atoms with Gasteiger partial charge in [-0.25, -0.2) is 9.59 Å². The SMILES string of the molecule is CSCCC(NC(=O)C(C)Oc1ccc2c(C)cc(=O)oc2c1)C(=O)O. The van der Waals surface area contributed by atoms with Crippen LogP contribution in [-0.2, 0) is 9.59 Å². The highest BCUT2D eigenvalue weighted by molar-refractivity contribution is 7.98. The molecule has 1 aromatic carbocycles. The highest BCUT2D eigenvalue weighted by Crippen LogP contribution is 2.23. The van der Waals surface area contributed by atoms with E-state index in [9.17, 15) is 19.5 Å². The molecule has 1 amide bonds. The number of carbonyl (C=O) groups excluding carboxylic acids is 1. The molecule has 0 spiro atoms. The van der Waals surface area contributed by atoms with Gasteiger partial charge in [-0.05, 0) is 50.0 Å². The summed E-state index contributed by atoms with van der Waals surface area (Å²) in [6, 6.07) is 5.39. The third kappa shape index (κ3) is 5.01. The molecule has 2 atom stereocenters. The Morgan fingerprint density at radius 3 is 2.73 bits per heavy atom. The lowest BCUT2D eigenvalue weighted by atomic mass is 10.1. The molecule has 0 fully saturated rings. The second-order valence-corrected chi connectivity index (χ2v) is 6.83. The minimum Gasteiger partial charge on any atom is -0.481 e. The Balaban J connectivity index is 2.09. The molecular formula is C18H21NO6S. The first-order valence-electron chi connectivity index (χ1n) is 8.05. The van der Waals surface area contributed by atoms with E-state index in [-0.39, 0.29) is 0 Å². The van der Waals surface area contributed by atoms with Crippen molar-refractivity contribution in [1.29, 1.82) is 0 Å². The lowest BCUT2D eigenvalue weighted by Gasteiger charge is -2.18. The number of rotatable bonds is 8. The van der Waals surface area contributed by atoms with E-state index in [1.54, 1.807) is 19.1 Å². The van der Waals surface area contributed by atoms with Crippen molar-refractivity contribution in [3.8, 4) is 5.75 Å². The predicted molar refractivity (Wildman–Crippen MR) is 99.9 cm³/mol. The fraction of sp³-hybridized carbons (Fsp3) is 0.389. The van der Waals surface area contributed by atoms with Gasteiger partial charge in [0.15, 0.2) is 6.10 Å². The highest BCUT2D eigenvalue weighted by atomic mass is 32.2. The number of aliphatic carboxylic acids is 1. The number of aryl methyl sites for hydroxylation is 1. The van der Waals surface area contributed by atoms with Crippen molar-refractivity contribution < 1.29 is 23.8 Å². The quantitative estimate of drug-likeness (QED) is 0.677. The van der Waals surface area contributed by atoms with Crippen LogP contribution in [0.25, 0.3) is 11.0 Å². The molecule has 0 aliphatic heterocycles. The van der Waals surface area contributed by atoms with Crippen molar-refractivity contribution in [2.75, 3.05) is 12.0 Å². The molecule has 140 valence electrons. The number of carbonyl (C=O) groups is 2. The molecule has 1 heterocycles. The summed E-state index contributed by atoms with van der Waals surface area (Å²) in [6.07, 6.45) is 1.29. The van der Waals surface area contributed by atoms with E-state index in [1.165, 1.54) is 30.8 Å². The molecule has 0 aliphatic carbocycles. The number of nitrogens with one attached hydrogen (secondary N) is 1. The van der Waals surface area contributed by atoms with Crippen LogP contribution in [0, 0.1) is 6.92 Å². The molecule has 2 N–H and O–H groups in total. The maximum atomic E-state index is 12.2. The molecule has 7 nitrogen and oxygen atoms in total. The van der Waals surface area contributed by atoms with Gasteiger partial charge in [0.05, 0.1) is 0 Å². The molecular weight excluding hydrogens is 358 g/mol. The number of hydrogen-bond acceptors (Lipinski definition) is 6. The summed E-state index contributed by atoms with van der Waals surface area (Å²) in [4.78, 5) is 34.9. The molecule has 0 aliphatic rings.